The maximum Gasteiger partial charge on any atom is 0.449 e. The Morgan fingerprint density at radius 2 is 1.79 bits per heavy atom. The van der Waals surface area contributed by atoms with Gasteiger partial charge in [-0.05, 0) is 24.3 Å². The molecule has 4 rings (SSSR count). The topological polar surface area (TPSA) is 113 Å². The highest BCUT2D eigenvalue weighted by Crippen LogP contribution is 2.36. The minimum Gasteiger partial charge on any atom is -0.480 e. The smallest absolute Gasteiger partial charge is 0.449 e. The molecule has 1 fully saturated rings. The van der Waals surface area contributed by atoms with Crippen molar-refractivity contribution in [1.29, 1.82) is 0 Å². The number of fused-ring (bicyclic) bond motifs is 1. The van der Waals surface area contributed by atoms with Crippen LogP contribution in [0, 0.1) is 5.92 Å². The quantitative estimate of drug-likeness (QED) is 0.461. The maximum absolute atomic E-state index is 13.8. The van der Waals surface area contributed by atoms with E-state index in [9.17, 15) is 27.6 Å². The van der Waals surface area contributed by atoms with Crippen LogP contribution in [0.2, 0.25) is 10.0 Å². The van der Waals surface area contributed by atoms with E-state index in [0.29, 0.717) is 0 Å². The average Bonchev–Trinajstić information content (AvgIpc) is 3.10. The monoisotopic (exact) mass is 500 g/mol. The number of hydrogen-bond donors (Lipinski definition) is 3. The zero-order chi connectivity index (χ0) is 24.1. The molecular weight excluding hydrogens is 488 g/mol. The number of para-hydroxylation sites is 1. The summed E-state index contributed by atoms with van der Waals surface area (Å²) in [5.41, 5.74) is -0.364. The number of amides is 2. The normalized spacial score (nSPS) is 18.0. The van der Waals surface area contributed by atoms with E-state index in [-0.39, 0.29) is 32.3 Å². The maximum atomic E-state index is 13.8. The van der Waals surface area contributed by atoms with Crippen molar-refractivity contribution in [3.05, 3.63) is 57.8 Å². The van der Waals surface area contributed by atoms with Gasteiger partial charge in [-0.25, -0.2) is 9.78 Å². The number of nitrogens with one attached hydrogen (secondary N) is 2. The number of imidazole rings is 1. The highest BCUT2D eigenvalue weighted by Gasteiger charge is 2.46. The van der Waals surface area contributed by atoms with Gasteiger partial charge in [-0.1, -0.05) is 35.3 Å². The van der Waals surface area contributed by atoms with Crippen LogP contribution in [0.4, 0.5) is 18.9 Å². The van der Waals surface area contributed by atoms with E-state index >= 15 is 0 Å². The molecule has 172 valence electrons. The van der Waals surface area contributed by atoms with E-state index in [2.05, 4.69) is 15.6 Å². The van der Waals surface area contributed by atoms with Crippen LogP contribution in [0.5, 0.6) is 0 Å². The molecule has 2 unspecified atom stereocenters. The second-order valence-corrected chi connectivity index (χ2v) is 8.01. The van der Waals surface area contributed by atoms with Crippen molar-refractivity contribution >= 4 is 57.7 Å². The lowest BCUT2D eigenvalue weighted by molar-refractivity contribution is -0.155. The van der Waals surface area contributed by atoms with Gasteiger partial charge >= 0.3 is 12.1 Å². The van der Waals surface area contributed by atoms with Crippen LogP contribution < -0.4 is 10.6 Å². The van der Waals surface area contributed by atoms with Gasteiger partial charge in [-0.15, -0.1) is 0 Å². The SMILES string of the molecule is O=C(Nc1cccc2c1nc(C(F)(F)F)n2CC1C(=O)NC1C(=O)O)c1c(Cl)cccc1Cl. The van der Waals surface area contributed by atoms with Crippen LogP contribution >= 0.6 is 23.2 Å². The molecule has 13 heteroatoms. The first kappa shape index (κ1) is 22.9. The fraction of sp³-hybridized carbons (Fsp3) is 0.200. The summed E-state index contributed by atoms with van der Waals surface area (Å²) in [4.78, 5) is 39.5. The molecule has 0 bridgehead atoms. The standard InChI is InChI=1S/C20H13Cl2F3N4O4/c21-9-3-1-4-10(22)13(9)17(31)26-11-5-2-6-12-15(11)28-19(20(23,24)25)29(12)7-8-14(18(32)33)27-16(8)30/h1-6,8,14H,7H2,(H,26,31)(H,27,30)(H,32,33). The highest BCUT2D eigenvalue weighted by atomic mass is 35.5. The number of carboxylic acid groups (broad SMARTS) is 1. The van der Waals surface area contributed by atoms with Gasteiger partial charge in [-0.2, -0.15) is 13.2 Å². The molecule has 0 saturated carbocycles. The molecule has 2 amide bonds. The Bertz CT molecular complexity index is 1290. The van der Waals surface area contributed by atoms with Crippen molar-refractivity contribution < 1.29 is 32.7 Å². The van der Waals surface area contributed by atoms with Crippen LogP contribution in [0.15, 0.2) is 36.4 Å². The number of anilines is 1. The fourth-order valence-corrected chi connectivity index (χ4v) is 4.15. The van der Waals surface area contributed by atoms with Gasteiger partial charge in [0.1, 0.15) is 11.6 Å². The number of benzene rings is 2. The van der Waals surface area contributed by atoms with Crippen LogP contribution in [-0.2, 0) is 22.3 Å². The van der Waals surface area contributed by atoms with Gasteiger partial charge in [0.05, 0.1) is 32.7 Å². The van der Waals surface area contributed by atoms with Crippen molar-refractivity contribution in [2.75, 3.05) is 5.32 Å². The summed E-state index contributed by atoms with van der Waals surface area (Å²) in [5.74, 6) is -5.36. The van der Waals surface area contributed by atoms with E-state index in [1.165, 1.54) is 36.4 Å². The van der Waals surface area contributed by atoms with Gasteiger partial charge in [-0.3, -0.25) is 9.59 Å². The molecular formula is C20H13Cl2F3N4O4. The van der Waals surface area contributed by atoms with Crippen LogP contribution in [0.25, 0.3) is 11.0 Å². The lowest BCUT2D eigenvalue weighted by atomic mass is 9.90. The molecule has 1 aromatic heterocycles. The summed E-state index contributed by atoms with van der Waals surface area (Å²) in [6.45, 7) is -0.568. The number of nitrogens with zero attached hydrogens (tertiary/aromatic N) is 2. The summed E-state index contributed by atoms with van der Waals surface area (Å²) < 4.78 is 42.0. The molecule has 3 aromatic rings. The summed E-state index contributed by atoms with van der Waals surface area (Å²) in [7, 11) is 0. The van der Waals surface area contributed by atoms with Crippen molar-refractivity contribution in [3.63, 3.8) is 0 Å². The predicted molar refractivity (Wildman–Crippen MR) is 112 cm³/mol. The molecule has 1 aliphatic heterocycles. The number of rotatable bonds is 5. The van der Waals surface area contributed by atoms with Crippen molar-refractivity contribution in [2.24, 2.45) is 5.92 Å². The molecule has 2 aromatic carbocycles. The van der Waals surface area contributed by atoms with E-state index in [4.69, 9.17) is 28.3 Å². The molecule has 2 atom stereocenters. The first-order valence-electron chi connectivity index (χ1n) is 9.34. The third-order valence-electron chi connectivity index (χ3n) is 5.15. The third kappa shape index (κ3) is 4.09. The molecule has 0 radical (unpaired) electrons. The third-order valence-corrected chi connectivity index (χ3v) is 5.78. The minimum atomic E-state index is -4.91. The predicted octanol–water partition coefficient (Wildman–Crippen LogP) is 3.81. The summed E-state index contributed by atoms with van der Waals surface area (Å²) in [6, 6.07) is 7.13. The molecule has 33 heavy (non-hydrogen) atoms. The Balaban J connectivity index is 1.77. The van der Waals surface area contributed by atoms with Crippen LogP contribution in [0.3, 0.4) is 0 Å². The number of β-lactam (4-membered cyclic amide) rings is 1. The van der Waals surface area contributed by atoms with Gasteiger partial charge < -0.3 is 20.3 Å². The second kappa shape index (κ2) is 8.23. The molecule has 8 nitrogen and oxygen atoms in total. The van der Waals surface area contributed by atoms with E-state index in [1.54, 1.807) is 0 Å². The number of hydrogen-bond acceptors (Lipinski definition) is 4. The minimum absolute atomic E-state index is 0.0457. The van der Waals surface area contributed by atoms with Crippen LogP contribution in [0.1, 0.15) is 16.2 Å². The van der Waals surface area contributed by atoms with E-state index in [0.717, 1.165) is 4.57 Å². The molecule has 2 heterocycles. The second-order valence-electron chi connectivity index (χ2n) is 7.20. The number of halogens is 5. The Kier molecular flexibility index (Phi) is 5.71. The Morgan fingerprint density at radius 3 is 2.36 bits per heavy atom. The number of alkyl halides is 3. The number of carboxylic acids is 1. The number of carbonyl (C=O) groups is 3. The first-order valence-corrected chi connectivity index (χ1v) is 10.1. The lowest BCUT2D eigenvalue weighted by Gasteiger charge is -2.34. The van der Waals surface area contributed by atoms with Crippen molar-refractivity contribution in [2.45, 2.75) is 18.8 Å². The molecule has 3 N–H and O–H groups in total. The lowest BCUT2D eigenvalue weighted by Crippen LogP contribution is -2.63. The fourth-order valence-electron chi connectivity index (χ4n) is 3.58. The van der Waals surface area contributed by atoms with Gasteiger partial charge in [0.15, 0.2) is 0 Å². The summed E-state index contributed by atoms with van der Waals surface area (Å²) in [5, 5.41) is 13.9. The van der Waals surface area contributed by atoms with E-state index in [1.807, 2.05) is 0 Å². The number of carbonyl (C=O) groups excluding carboxylic acids is 2. The summed E-state index contributed by atoms with van der Waals surface area (Å²) >= 11 is 12.1. The Hall–Kier alpha value is -3.31. The van der Waals surface area contributed by atoms with Crippen molar-refractivity contribution in [1.82, 2.24) is 14.9 Å². The van der Waals surface area contributed by atoms with Gasteiger partial charge in [0, 0.05) is 6.54 Å². The Labute approximate surface area is 193 Å². The molecule has 1 saturated heterocycles. The van der Waals surface area contributed by atoms with E-state index < -0.39 is 48.3 Å². The molecule has 1 aliphatic rings. The summed E-state index contributed by atoms with van der Waals surface area (Å²) in [6.07, 6.45) is -4.91. The van der Waals surface area contributed by atoms with Gasteiger partial charge in [0.25, 0.3) is 5.91 Å². The number of aromatic nitrogens is 2. The first-order chi connectivity index (χ1) is 15.5. The zero-order valence-electron chi connectivity index (χ0n) is 16.3. The number of aliphatic carboxylic acids is 1. The molecule has 0 spiro atoms. The van der Waals surface area contributed by atoms with Gasteiger partial charge in [0.2, 0.25) is 11.7 Å². The van der Waals surface area contributed by atoms with Crippen LogP contribution in [-0.4, -0.2) is 38.5 Å². The highest BCUT2D eigenvalue weighted by molar-refractivity contribution is 6.40. The Morgan fingerprint density at radius 1 is 1.15 bits per heavy atom. The zero-order valence-corrected chi connectivity index (χ0v) is 17.8. The molecule has 0 aliphatic carbocycles. The van der Waals surface area contributed by atoms with Crippen molar-refractivity contribution in [3.8, 4) is 0 Å². The average molecular weight is 501 g/mol. The largest absolute Gasteiger partial charge is 0.480 e.